The Morgan fingerprint density at radius 3 is 2.68 bits per heavy atom. The molecular formula is C17H28N2. The molecule has 1 saturated heterocycles. The first-order valence-corrected chi connectivity index (χ1v) is 7.67. The molecule has 0 bridgehead atoms. The van der Waals surface area contributed by atoms with E-state index in [1.165, 1.54) is 49.0 Å². The summed E-state index contributed by atoms with van der Waals surface area (Å²) in [6.07, 6.45) is 3.84. The van der Waals surface area contributed by atoms with Gasteiger partial charge in [-0.1, -0.05) is 23.8 Å². The lowest BCUT2D eigenvalue weighted by Crippen LogP contribution is -2.47. The Kier molecular flexibility index (Phi) is 5.41. The van der Waals surface area contributed by atoms with Gasteiger partial charge < -0.3 is 5.32 Å². The minimum absolute atomic E-state index is 0.729. The summed E-state index contributed by atoms with van der Waals surface area (Å²) < 4.78 is 0. The van der Waals surface area contributed by atoms with E-state index in [4.69, 9.17) is 0 Å². The van der Waals surface area contributed by atoms with Crippen molar-refractivity contribution >= 4 is 0 Å². The van der Waals surface area contributed by atoms with Crippen LogP contribution in [0.2, 0.25) is 0 Å². The normalized spacial score (nSPS) is 18.5. The summed E-state index contributed by atoms with van der Waals surface area (Å²) in [5.74, 6) is 0. The van der Waals surface area contributed by atoms with Crippen molar-refractivity contribution < 1.29 is 0 Å². The van der Waals surface area contributed by atoms with Gasteiger partial charge in [0.05, 0.1) is 0 Å². The molecule has 0 aromatic heterocycles. The summed E-state index contributed by atoms with van der Waals surface area (Å²) in [5.41, 5.74) is 4.36. The smallest absolute Gasteiger partial charge is 0.0110 e. The van der Waals surface area contributed by atoms with Crippen molar-refractivity contribution in [2.45, 2.75) is 46.1 Å². The molecule has 1 atom stereocenters. The molecule has 2 rings (SSSR count). The lowest BCUT2D eigenvalue weighted by molar-refractivity contribution is 0.174. The van der Waals surface area contributed by atoms with Crippen molar-refractivity contribution in [2.75, 3.05) is 26.2 Å². The molecule has 19 heavy (non-hydrogen) atoms. The number of aryl methyl sites for hydroxylation is 3. The zero-order chi connectivity index (χ0) is 13.7. The molecule has 1 unspecified atom stereocenters. The highest BCUT2D eigenvalue weighted by Gasteiger charge is 2.15. The van der Waals surface area contributed by atoms with E-state index in [0.29, 0.717) is 0 Å². The highest BCUT2D eigenvalue weighted by molar-refractivity contribution is 5.30. The van der Waals surface area contributed by atoms with Crippen LogP contribution in [0.3, 0.4) is 0 Å². The van der Waals surface area contributed by atoms with Crippen LogP contribution in [0.4, 0.5) is 0 Å². The van der Waals surface area contributed by atoms with E-state index in [1.54, 1.807) is 0 Å². The molecule has 0 aliphatic carbocycles. The second-order valence-corrected chi connectivity index (χ2v) is 5.96. The van der Waals surface area contributed by atoms with Crippen molar-refractivity contribution in [1.82, 2.24) is 10.2 Å². The zero-order valence-electron chi connectivity index (χ0n) is 12.7. The van der Waals surface area contributed by atoms with Gasteiger partial charge in [-0.3, -0.25) is 4.90 Å². The maximum atomic E-state index is 3.42. The van der Waals surface area contributed by atoms with Crippen molar-refractivity contribution in [3.8, 4) is 0 Å². The Morgan fingerprint density at radius 1 is 1.21 bits per heavy atom. The number of piperazine rings is 1. The molecule has 1 aromatic carbocycles. The summed E-state index contributed by atoms with van der Waals surface area (Å²) >= 11 is 0. The lowest BCUT2D eigenvalue weighted by Gasteiger charge is -2.32. The van der Waals surface area contributed by atoms with Crippen molar-refractivity contribution in [3.05, 3.63) is 34.9 Å². The van der Waals surface area contributed by atoms with Crippen molar-refractivity contribution in [1.29, 1.82) is 0 Å². The molecule has 0 saturated carbocycles. The number of nitrogens with one attached hydrogen (secondary N) is 1. The van der Waals surface area contributed by atoms with Gasteiger partial charge in [0, 0.05) is 32.2 Å². The molecule has 1 heterocycles. The van der Waals surface area contributed by atoms with E-state index in [1.807, 2.05) is 0 Å². The van der Waals surface area contributed by atoms with Crippen molar-refractivity contribution in [3.63, 3.8) is 0 Å². The average molecular weight is 260 g/mol. The molecular weight excluding hydrogens is 232 g/mol. The Hall–Kier alpha value is -0.860. The van der Waals surface area contributed by atoms with Gasteiger partial charge >= 0.3 is 0 Å². The highest BCUT2D eigenvalue weighted by atomic mass is 15.2. The van der Waals surface area contributed by atoms with Gasteiger partial charge in [-0.05, 0) is 51.2 Å². The van der Waals surface area contributed by atoms with Crippen LogP contribution >= 0.6 is 0 Å². The van der Waals surface area contributed by atoms with Crippen LogP contribution in [0, 0.1) is 13.8 Å². The fourth-order valence-corrected chi connectivity index (χ4v) is 2.96. The molecule has 1 aliphatic rings. The van der Waals surface area contributed by atoms with Gasteiger partial charge in [-0.25, -0.2) is 0 Å². The number of hydrogen-bond donors (Lipinski definition) is 1. The monoisotopic (exact) mass is 260 g/mol. The van der Waals surface area contributed by atoms with E-state index < -0.39 is 0 Å². The Bertz CT molecular complexity index is 394. The third kappa shape index (κ3) is 4.32. The van der Waals surface area contributed by atoms with E-state index in [0.717, 1.165) is 19.1 Å². The first kappa shape index (κ1) is 14.5. The van der Waals surface area contributed by atoms with Crippen LogP contribution in [-0.4, -0.2) is 37.1 Å². The quantitative estimate of drug-likeness (QED) is 0.875. The molecule has 0 amide bonds. The van der Waals surface area contributed by atoms with Gasteiger partial charge in [0.1, 0.15) is 0 Å². The van der Waals surface area contributed by atoms with Crippen LogP contribution in [-0.2, 0) is 6.42 Å². The second kappa shape index (κ2) is 7.06. The van der Waals surface area contributed by atoms with Gasteiger partial charge in [-0.15, -0.1) is 0 Å². The van der Waals surface area contributed by atoms with Crippen molar-refractivity contribution in [2.24, 2.45) is 0 Å². The second-order valence-electron chi connectivity index (χ2n) is 5.96. The average Bonchev–Trinajstić information content (AvgIpc) is 2.43. The van der Waals surface area contributed by atoms with E-state index >= 15 is 0 Å². The molecule has 1 aliphatic heterocycles. The van der Waals surface area contributed by atoms with Gasteiger partial charge in [0.15, 0.2) is 0 Å². The van der Waals surface area contributed by atoms with E-state index in [-0.39, 0.29) is 0 Å². The van der Waals surface area contributed by atoms with E-state index in [9.17, 15) is 0 Å². The summed E-state index contributed by atoms with van der Waals surface area (Å²) in [4.78, 5) is 2.62. The number of rotatable bonds is 5. The molecule has 2 nitrogen and oxygen atoms in total. The summed E-state index contributed by atoms with van der Waals surface area (Å²) in [5, 5.41) is 3.42. The van der Waals surface area contributed by atoms with Crippen LogP contribution in [0.1, 0.15) is 36.5 Å². The first-order valence-electron chi connectivity index (χ1n) is 7.67. The minimum Gasteiger partial charge on any atom is -0.314 e. The topological polar surface area (TPSA) is 15.3 Å². The van der Waals surface area contributed by atoms with Gasteiger partial charge in [-0.2, -0.15) is 0 Å². The molecule has 2 heteroatoms. The Morgan fingerprint density at radius 2 is 1.95 bits per heavy atom. The molecule has 0 radical (unpaired) electrons. The van der Waals surface area contributed by atoms with E-state index in [2.05, 4.69) is 49.2 Å². The van der Waals surface area contributed by atoms with Gasteiger partial charge in [0.2, 0.25) is 0 Å². The SMILES string of the molecule is Cc1ccc(C)c(CCCC(C)N2CCNCC2)c1. The zero-order valence-corrected chi connectivity index (χ0v) is 12.7. The molecule has 1 fully saturated rings. The molecule has 1 N–H and O–H groups in total. The maximum absolute atomic E-state index is 3.42. The summed E-state index contributed by atoms with van der Waals surface area (Å²) in [6.45, 7) is 11.5. The Balaban J connectivity index is 1.77. The largest absolute Gasteiger partial charge is 0.314 e. The Labute approximate surface area is 118 Å². The number of benzene rings is 1. The molecule has 106 valence electrons. The van der Waals surface area contributed by atoms with Crippen LogP contribution in [0.5, 0.6) is 0 Å². The molecule has 1 aromatic rings. The number of nitrogens with zero attached hydrogens (tertiary/aromatic N) is 1. The third-order valence-electron chi connectivity index (χ3n) is 4.35. The summed E-state index contributed by atoms with van der Waals surface area (Å²) in [6, 6.07) is 7.55. The lowest BCUT2D eigenvalue weighted by atomic mass is 9.99. The molecule has 0 spiro atoms. The summed E-state index contributed by atoms with van der Waals surface area (Å²) in [7, 11) is 0. The van der Waals surface area contributed by atoms with Crippen LogP contribution in [0.25, 0.3) is 0 Å². The fourth-order valence-electron chi connectivity index (χ4n) is 2.96. The first-order chi connectivity index (χ1) is 9.16. The van der Waals surface area contributed by atoms with Crippen LogP contribution in [0.15, 0.2) is 18.2 Å². The van der Waals surface area contributed by atoms with Crippen LogP contribution < -0.4 is 5.32 Å². The fraction of sp³-hybridized carbons (Fsp3) is 0.647. The standard InChI is InChI=1S/C17H28N2/c1-14-7-8-15(2)17(13-14)6-4-5-16(3)19-11-9-18-10-12-19/h7-8,13,16,18H,4-6,9-12H2,1-3H3. The minimum atomic E-state index is 0.729. The van der Waals surface area contributed by atoms with Gasteiger partial charge in [0.25, 0.3) is 0 Å². The highest BCUT2D eigenvalue weighted by Crippen LogP contribution is 2.15. The predicted molar refractivity (Wildman–Crippen MR) is 82.8 cm³/mol. The number of hydrogen-bond acceptors (Lipinski definition) is 2. The maximum Gasteiger partial charge on any atom is 0.0110 e. The third-order valence-corrected chi connectivity index (χ3v) is 4.35. The predicted octanol–water partition coefficient (Wildman–Crippen LogP) is 2.92.